The van der Waals surface area contributed by atoms with Crippen molar-refractivity contribution in [2.24, 2.45) is 5.92 Å². The van der Waals surface area contributed by atoms with Crippen LogP contribution in [0.3, 0.4) is 0 Å². The van der Waals surface area contributed by atoms with E-state index < -0.39 is 5.97 Å². The molecule has 0 amide bonds. The standard InChI is InChI=1S/C12H17NO2/c1-3-15-12(14)11(8-13)10-6-4-5-9(2)7-10/h9H,3-7H2,1-2H3/b11-10-/t9-/m1/s1. The van der Waals surface area contributed by atoms with Gasteiger partial charge in [-0.1, -0.05) is 13.3 Å². The maximum atomic E-state index is 11.5. The Morgan fingerprint density at radius 2 is 2.40 bits per heavy atom. The Hall–Kier alpha value is -1.30. The average molecular weight is 207 g/mol. The summed E-state index contributed by atoms with van der Waals surface area (Å²) in [5.74, 6) is 0.121. The molecule has 1 fully saturated rings. The van der Waals surface area contributed by atoms with Gasteiger partial charge in [-0.3, -0.25) is 0 Å². The van der Waals surface area contributed by atoms with Crippen LogP contribution in [0.5, 0.6) is 0 Å². The van der Waals surface area contributed by atoms with Crippen molar-refractivity contribution < 1.29 is 9.53 Å². The maximum Gasteiger partial charge on any atom is 0.348 e. The number of nitriles is 1. The van der Waals surface area contributed by atoms with Crippen LogP contribution in [0, 0.1) is 17.2 Å². The van der Waals surface area contributed by atoms with Crippen LogP contribution in [0.2, 0.25) is 0 Å². The SMILES string of the molecule is CCOC(=O)/C(C#N)=C1/CCC[C@@H](C)C1. The molecule has 0 unspecified atom stereocenters. The Labute approximate surface area is 90.7 Å². The molecule has 1 aliphatic rings. The van der Waals surface area contributed by atoms with Gasteiger partial charge in [0.25, 0.3) is 0 Å². The highest BCUT2D eigenvalue weighted by atomic mass is 16.5. The van der Waals surface area contributed by atoms with E-state index in [4.69, 9.17) is 10.00 Å². The Bertz CT molecular complexity index is 312. The molecule has 0 spiro atoms. The summed E-state index contributed by atoms with van der Waals surface area (Å²) in [6.07, 6.45) is 3.99. The Balaban J connectivity index is 2.83. The predicted molar refractivity (Wildman–Crippen MR) is 56.9 cm³/mol. The van der Waals surface area contributed by atoms with Crippen LogP contribution < -0.4 is 0 Å². The van der Waals surface area contributed by atoms with E-state index in [2.05, 4.69) is 6.92 Å². The second-order valence-electron chi connectivity index (χ2n) is 4.01. The van der Waals surface area contributed by atoms with E-state index >= 15 is 0 Å². The fourth-order valence-corrected chi connectivity index (χ4v) is 1.99. The number of rotatable bonds is 2. The first-order valence-corrected chi connectivity index (χ1v) is 5.48. The summed E-state index contributed by atoms with van der Waals surface area (Å²) in [5.41, 5.74) is 1.22. The van der Waals surface area contributed by atoms with Crippen LogP contribution in [0.25, 0.3) is 0 Å². The van der Waals surface area contributed by atoms with Crippen molar-refractivity contribution in [1.82, 2.24) is 0 Å². The molecular formula is C12H17NO2. The van der Waals surface area contributed by atoms with E-state index in [9.17, 15) is 4.79 Å². The van der Waals surface area contributed by atoms with Crippen LogP contribution in [0.1, 0.15) is 39.5 Å². The van der Waals surface area contributed by atoms with Gasteiger partial charge in [-0.2, -0.15) is 5.26 Å². The van der Waals surface area contributed by atoms with Crippen molar-refractivity contribution >= 4 is 5.97 Å². The molecule has 0 radical (unpaired) electrons. The minimum absolute atomic E-state index is 0.239. The van der Waals surface area contributed by atoms with Gasteiger partial charge >= 0.3 is 5.97 Å². The van der Waals surface area contributed by atoms with E-state index in [1.165, 1.54) is 6.42 Å². The molecule has 0 aromatic carbocycles. The van der Waals surface area contributed by atoms with Crippen LogP contribution in [0.15, 0.2) is 11.1 Å². The van der Waals surface area contributed by atoms with Crippen molar-refractivity contribution in [2.75, 3.05) is 6.61 Å². The number of allylic oxidation sites excluding steroid dienone is 1. The molecule has 0 aliphatic heterocycles. The highest BCUT2D eigenvalue weighted by molar-refractivity contribution is 5.93. The minimum atomic E-state index is -0.455. The average Bonchev–Trinajstić information content (AvgIpc) is 2.19. The fourth-order valence-electron chi connectivity index (χ4n) is 1.99. The number of carbonyl (C=O) groups is 1. The quantitative estimate of drug-likeness (QED) is 0.397. The summed E-state index contributed by atoms with van der Waals surface area (Å²) in [4.78, 5) is 11.5. The van der Waals surface area contributed by atoms with Gasteiger partial charge in [0, 0.05) is 0 Å². The minimum Gasteiger partial charge on any atom is -0.462 e. The number of esters is 1. The zero-order valence-corrected chi connectivity index (χ0v) is 9.38. The molecule has 1 rings (SSSR count). The Morgan fingerprint density at radius 3 is 2.93 bits per heavy atom. The van der Waals surface area contributed by atoms with E-state index in [1.807, 2.05) is 6.07 Å². The van der Waals surface area contributed by atoms with Crippen LogP contribution in [-0.4, -0.2) is 12.6 Å². The largest absolute Gasteiger partial charge is 0.462 e. The number of ether oxygens (including phenoxy) is 1. The molecule has 1 atom stereocenters. The van der Waals surface area contributed by atoms with Crippen LogP contribution in [0.4, 0.5) is 0 Å². The second kappa shape index (κ2) is 5.55. The highest BCUT2D eigenvalue weighted by Crippen LogP contribution is 2.30. The second-order valence-corrected chi connectivity index (χ2v) is 4.01. The van der Waals surface area contributed by atoms with E-state index in [0.29, 0.717) is 12.5 Å². The monoisotopic (exact) mass is 207 g/mol. The third-order valence-electron chi connectivity index (χ3n) is 2.72. The number of hydrogen-bond donors (Lipinski definition) is 0. The van der Waals surface area contributed by atoms with E-state index in [-0.39, 0.29) is 5.57 Å². The molecule has 15 heavy (non-hydrogen) atoms. The summed E-state index contributed by atoms with van der Waals surface area (Å²) >= 11 is 0. The summed E-state index contributed by atoms with van der Waals surface area (Å²) < 4.78 is 4.86. The van der Waals surface area contributed by atoms with Gasteiger partial charge in [0.1, 0.15) is 11.6 Å². The van der Waals surface area contributed by atoms with E-state index in [1.54, 1.807) is 6.92 Å². The van der Waals surface area contributed by atoms with Gasteiger partial charge in [-0.05, 0) is 37.7 Å². The molecule has 0 N–H and O–H groups in total. The lowest BCUT2D eigenvalue weighted by Gasteiger charge is -2.21. The van der Waals surface area contributed by atoms with Crippen LogP contribution >= 0.6 is 0 Å². The number of carbonyl (C=O) groups excluding carboxylic acids is 1. The van der Waals surface area contributed by atoms with Crippen molar-refractivity contribution in [1.29, 1.82) is 5.26 Å². The van der Waals surface area contributed by atoms with Gasteiger partial charge in [-0.15, -0.1) is 0 Å². The molecule has 0 heterocycles. The van der Waals surface area contributed by atoms with Gasteiger partial charge in [0.05, 0.1) is 6.61 Å². The van der Waals surface area contributed by atoms with Gasteiger partial charge < -0.3 is 4.74 Å². The molecule has 0 saturated heterocycles. The molecule has 0 bridgehead atoms. The van der Waals surface area contributed by atoms with E-state index in [0.717, 1.165) is 24.8 Å². The van der Waals surface area contributed by atoms with Crippen molar-refractivity contribution in [3.63, 3.8) is 0 Å². The van der Waals surface area contributed by atoms with Gasteiger partial charge in [0.15, 0.2) is 0 Å². The summed E-state index contributed by atoms with van der Waals surface area (Å²) in [5, 5.41) is 8.95. The molecular weight excluding hydrogens is 190 g/mol. The lowest BCUT2D eigenvalue weighted by molar-refractivity contribution is -0.138. The number of hydrogen-bond acceptors (Lipinski definition) is 3. The topological polar surface area (TPSA) is 50.1 Å². The summed E-state index contributed by atoms with van der Waals surface area (Å²) in [7, 11) is 0. The molecule has 3 nitrogen and oxygen atoms in total. The highest BCUT2D eigenvalue weighted by Gasteiger charge is 2.21. The third-order valence-corrected chi connectivity index (χ3v) is 2.72. The first-order valence-electron chi connectivity index (χ1n) is 5.48. The summed E-state index contributed by atoms with van der Waals surface area (Å²) in [6, 6.07) is 1.98. The molecule has 0 aromatic heterocycles. The normalized spacial score (nSPS) is 24.2. The van der Waals surface area contributed by atoms with Gasteiger partial charge in [-0.25, -0.2) is 4.79 Å². The first-order chi connectivity index (χ1) is 7.19. The lowest BCUT2D eigenvalue weighted by Crippen LogP contribution is -2.13. The number of nitrogens with zero attached hydrogens (tertiary/aromatic N) is 1. The molecule has 1 aliphatic carbocycles. The zero-order valence-electron chi connectivity index (χ0n) is 9.38. The Morgan fingerprint density at radius 1 is 1.67 bits per heavy atom. The molecule has 3 heteroatoms. The third kappa shape index (κ3) is 3.09. The van der Waals surface area contributed by atoms with Gasteiger partial charge in [0.2, 0.25) is 0 Å². The molecule has 1 saturated carbocycles. The van der Waals surface area contributed by atoms with Crippen molar-refractivity contribution in [3.05, 3.63) is 11.1 Å². The fraction of sp³-hybridized carbons (Fsp3) is 0.667. The Kier molecular flexibility index (Phi) is 4.36. The zero-order chi connectivity index (χ0) is 11.3. The maximum absolute atomic E-state index is 11.5. The predicted octanol–water partition coefficient (Wildman–Crippen LogP) is 2.58. The van der Waals surface area contributed by atoms with Crippen molar-refractivity contribution in [3.8, 4) is 6.07 Å². The summed E-state index contributed by atoms with van der Waals surface area (Å²) in [6.45, 7) is 4.23. The molecule has 0 aromatic rings. The molecule has 82 valence electrons. The smallest absolute Gasteiger partial charge is 0.348 e. The van der Waals surface area contributed by atoms with Crippen LogP contribution in [-0.2, 0) is 9.53 Å². The lowest BCUT2D eigenvalue weighted by atomic mass is 9.84. The first kappa shape index (κ1) is 11.8. The van der Waals surface area contributed by atoms with Crippen molar-refractivity contribution in [2.45, 2.75) is 39.5 Å².